The highest BCUT2D eigenvalue weighted by molar-refractivity contribution is 7.80. The van der Waals surface area contributed by atoms with E-state index in [1.165, 1.54) is 12.1 Å². The number of rotatable bonds is 14. The van der Waals surface area contributed by atoms with Crippen LogP contribution in [0.1, 0.15) is 31.4 Å². The third kappa shape index (κ3) is 10.1. The molecule has 206 valence electrons. The van der Waals surface area contributed by atoms with Gasteiger partial charge in [-0.25, -0.2) is 4.79 Å². The number of amides is 3. The predicted molar refractivity (Wildman–Crippen MR) is 147 cm³/mol. The molecule has 0 aliphatic carbocycles. The molecule has 0 spiro atoms. The van der Waals surface area contributed by atoms with Crippen molar-refractivity contribution in [2.75, 3.05) is 5.75 Å². The van der Waals surface area contributed by atoms with Gasteiger partial charge in [0.05, 0.1) is 6.04 Å². The molecule has 0 saturated carbocycles. The number of carbonyl (C=O) groups excluding carboxylic acids is 3. The van der Waals surface area contributed by atoms with Crippen molar-refractivity contribution >= 4 is 36.3 Å². The number of aromatic hydroxyl groups is 1. The lowest BCUT2D eigenvalue weighted by Gasteiger charge is -2.26. The van der Waals surface area contributed by atoms with Crippen LogP contribution in [0.5, 0.6) is 5.75 Å². The molecule has 10 nitrogen and oxygen atoms in total. The van der Waals surface area contributed by atoms with Crippen LogP contribution in [-0.4, -0.2) is 63.8 Å². The van der Waals surface area contributed by atoms with E-state index in [0.717, 1.165) is 5.56 Å². The number of nitrogens with one attached hydrogen (secondary N) is 3. The van der Waals surface area contributed by atoms with Crippen LogP contribution in [0.2, 0.25) is 0 Å². The van der Waals surface area contributed by atoms with Gasteiger partial charge >= 0.3 is 5.97 Å². The fourth-order valence-electron chi connectivity index (χ4n) is 3.75. The van der Waals surface area contributed by atoms with Gasteiger partial charge in [0.15, 0.2) is 0 Å². The van der Waals surface area contributed by atoms with Crippen molar-refractivity contribution in [1.29, 1.82) is 0 Å². The summed E-state index contributed by atoms with van der Waals surface area (Å²) in [4.78, 5) is 50.6. The van der Waals surface area contributed by atoms with E-state index in [2.05, 4.69) is 28.6 Å². The summed E-state index contributed by atoms with van der Waals surface area (Å²) in [5.74, 6) is -3.15. The number of phenolic OH excluding ortho intramolecular Hbond substituents is 1. The van der Waals surface area contributed by atoms with Gasteiger partial charge in [-0.05, 0) is 42.0 Å². The highest BCUT2D eigenvalue weighted by Gasteiger charge is 2.30. The fraction of sp³-hybridized carbons (Fsp3) is 0.407. The Morgan fingerprint density at radius 3 is 1.87 bits per heavy atom. The molecule has 0 aliphatic heterocycles. The Morgan fingerprint density at radius 1 is 0.789 bits per heavy atom. The van der Waals surface area contributed by atoms with Gasteiger partial charge in [-0.1, -0.05) is 56.3 Å². The molecule has 2 aromatic rings. The lowest BCUT2D eigenvalue weighted by atomic mass is 10.00. The molecule has 0 fully saturated rings. The first-order valence-electron chi connectivity index (χ1n) is 12.3. The maximum absolute atomic E-state index is 13.4. The van der Waals surface area contributed by atoms with Crippen LogP contribution >= 0.6 is 12.6 Å². The average molecular weight is 545 g/mol. The first-order chi connectivity index (χ1) is 18.0. The van der Waals surface area contributed by atoms with E-state index in [4.69, 9.17) is 5.73 Å². The van der Waals surface area contributed by atoms with Crippen molar-refractivity contribution in [3.05, 3.63) is 65.7 Å². The van der Waals surface area contributed by atoms with Gasteiger partial charge in [0.1, 0.15) is 23.9 Å². The van der Waals surface area contributed by atoms with Gasteiger partial charge in [-0.15, -0.1) is 0 Å². The molecule has 2 aromatic carbocycles. The summed E-state index contributed by atoms with van der Waals surface area (Å²) in [6.07, 6.45) is 0.573. The van der Waals surface area contributed by atoms with E-state index in [1.807, 2.05) is 44.2 Å². The van der Waals surface area contributed by atoms with E-state index in [9.17, 15) is 29.4 Å². The number of hydrogen-bond acceptors (Lipinski definition) is 7. The summed E-state index contributed by atoms with van der Waals surface area (Å²) in [5, 5.41) is 26.6. The van der Waals surface area contributed by atoms with Crippen LogP contribution in [0.15, 0.2) is 54.6 Å². The number of benzene rings is 2. The SMILES string of the molecule is CC(C)CC(NC(=O)C(Cc1ccc(O)cc1)NC(=O)C(N)Cc1ccccc1)C(=O)NC(CS)C(=O)O. The number of carboxylic acids is 1. The van der Waals surface area contributed by atoms with Crippen LogP contribution in [0.4, 0.5) is 0 Å². The maximum atomic E-state index is 13.4. The molecule has 2 rings (SSSR count). The summed E-state index contributed by atoms with van der Waals surface area (Å²) in [6.45, 7) is 3.72. The monoisotopic (exact) mass is 544 g/mol. The Hall–Kier alpha value is -3.57. The normalized spacial score (nSPS) is 14.1. The Balaban J connectivity index is 2.22. The molecule has 0 aliphatic rings. The minimum atomic E-state index is -1.24. The van der Waals surface area contributed by atoms with Gasteiger partial charge in [-0.2, -0.15) is 12.6 Å². The zero-order chi connectivity index (χ0) is 28.2. The van der Waals surface area contributed by atoms with Crippen LogP contribution < -0.4 is 21.7 Å². The van der Waals surface area contributed by atoms with Crippen molar-refractivity contribution in [2.45, 2.75) is 57.3 Å². The molecule has 38 heavy (non-hydrogen) atoms. The molecular formula is C27H36N4O6S. The second-order valence-electron chi connectivity index (χ2n) is 9.50. The van der Waals surface area contributed by atoms with Gasteiger partial charge in [-0.3, -0.25) is 14.4 Å². The minimum absolute atomic E-state index is 0.00485. The van der Waals surface area contributed by atoms with Gasteiger partial charge in [0.25, 0.3) is 0 Å². The highest BCUT2D eigenvalue weighted by Crippen LogP contribution is 2.13. The van der Waals surface area contributed by atoms with E-state index in [0.29, 0.717) is 5.56 Å². The lowest BCUT2D eigenvalue weighted by Crippen LogP contribution is -2.58. The van der Waals surface area contributed by atoms with Crippen LogP contribution in [0.3, 0.4) is 0 Å². The average Bonchev–Trinajstić information content (AvgIpc) is 2.87. The predicted octanol–water partition coefficient (Wildman–Crippen LogP) is 1.02. The summed E-state index contributed by atoms with van der Waals surface area (Å²) in [6, 6.07) is 11.1. The minimum Gasteiger partial charge on any atom is -0.508 e. The number of hydrogen-bond donors (Lipinski definition) is 7. The van der Waals surface area contributed by atoms with E-state index >= 15 is 0 Å². The molecule has 0 radical (unpaired) electrons. The zero-order valence-corrected chi connectivity index (χ0v) is 22.4. The maximum Gasteiger partial charge on any atom is 0.327 e. The molecule has 0 saturated heterocycles. The third-order valence-corrected chi connectivity index (χ3v) is 6.15. The van der Waals surface area contributed by atoms with Crippen molar-refractivity contribution < 1.29 is 29.4 Å². The fourth-order valence-corrected chi connectivity index (χ4v) is 4.00. The molecular weight excluding hydrogens is 508 g/mol. The first-order valence-corrected chi connectivity index (χ1v) is 13.0. The molecule has 0 aromatic heterocycles. The Kier molecular flexibility index (Phi) is 12.1. The van der Waals surface area contributed by atoms with Gasteiger partial charge < -0.3 is 31.9 Å². The van der Waals surface area contributed by atoms with Gasteiger partial charge in [0.2, 0.25) is 17.7 Å². The molecule has 11 heteroatoms. The lowest BCUT2D eigenvalue weighted by molar-refractivity contribution is -0.141. The third-order valence-electron chi connectivity index (χ3n) is 5.78. The summed E-state index contributed by atoms with van der Waals surface area (Å²) < 4.78 is 0. The topological polar surface area (TPSA) is 171 Å². The van der Waals surface area contributed by atoms with Crippen molar-refractivity contribution in [2.24, 2.45) is 11.7 Å². The van der Waals surface area contributed by atoms with E-state index in [1.54, 1.807) is 12.1 Å². The number of carbonyl (C=O) groups is 4. The van der Waals surface area contributed by atoms with Crippen molar-refractivity contribution in [1.82, 2.24) is 16.0 Å². The summed E-state index contributed by atoms with van der Waals surface area (Å²) in [7, 11) is 0. The number of nitrogens with two attached hydrogens (primary N) is 1. The van der Waals surface area contributed by atoms with Gasteiger partial charge in [0, 0.05) is 12.2 Å². The highest BCUT2D eigenvalue weighted by atomic mass is 32.1. The largest absolute Gasteiger partial charge is 0.508 e. The Morgan fingerprint density at radius 2 is 1.32 bits per heavy atom. The van der Waals surface area contributed by atoms with Crippen molar-refractivity contribution in [3.8, 4) is 5.75 Å². The number of phenols is 1. The number of thiol groups is 1. The first kappa shape index (κ1) is 30.7. The molecule has 0 bridgehead atoms. The number of carboxylic acid groups (broad SMARTS) is 1. The molecule has 7 N–H and O–H groups in total. The molecule has 3 amide bonds. The quantitative estimate of drug-likeness (QED) is 0.174. The second kappa shape index (κ2) is 15.0. The van der Waals surface area contributed by atoms with Crippen molar-refractivity contribution in [3.63, 3.8) is 0 Å². The Labute approximate surface area is 227 Å². The van der Waals surface area contributed by atoms with Crippen LogP contribution in [-0.2, 0) is 32.0 Å². The molecule has 4 unspecified atom stereocenters. The standard InChI is InChI=1S/C27H36N4O6S/c1-16(2)12-21(25(34)31-23(15-38)27(36)37)30-26(35)22(14-18-8-10-19(32)11-9-18)29-24(33)20(28)13-17-6-4-3-5-7-17/h3-11,16,20-23,32,38H,12-15,28H2,1-2H3,(H,29,33)(H,30,35)(H,31,34)(H,36,37). The molecule has 0 heterocycles. The summed E-state index contributed by atoms with van der Waals surface area (Å²) in [5.41, 5.74) is 7.64. The smallest absolute Gasteiger partial charge is 0.327 e. The summed E-state index contributed by atoms with van der Waals surface area (Å²) >= 11 is 3.97. The molecule has 4 atom stereocenters. The van der Waals surface area contributed by atoms with E-state index in [-0.39, 0.29) is 36.7 Å². The second-order valence-corrected chi connectivity index (χ2v) is 9.87. The number of aliphatic carboxylic acids is 1. The van der Waals surface area contributed by atoms with Crippen LogP contribution in [0, 0.1) is 5.92 Å². The zero-order valence-electron chi connectivity index (χ0n) is 21.5. The van der Waals surface area contributed by atoms with E-state index < -0.39 is 47.9 Å². The van der Waals surface area contributed by atoms with Crippen LogP contribution in [0.25, 0.3) is 0 Å². The Bertz CT molecular complexity index is 1080.